The van der Waals surface area contributed by atoms with Gasteiger partial charge in [0.25, 0.3) is 5.69 Å². The predicted octanol–water partition coefficient (Wildman–Crippen LogP) is 5.64. The van der Waals surface area contributed by atoms with Gasteiger partial charge >= 0.3 is 0 Å². The van der Waals surface area contributed by atoms with E-state index in [4.69, 9.17) is 9.47 Å². The van der Waals surface area contributed by atoms with Gasteiger partial charge in [0.2, 0.25) is 5.91 Å². The first-order valence-electron chi connectivity index (χ1n) is 12.9. The van der Waals surface area contributed by atoms with E-state index >= 15 is 0 Å². The number of fused-ring (bicyclic) bond motifs is 2. The number of nitro groups is 1. The van der Waals surface area contributed by atoms with Crippen molar-refractivity contribution < 1.29 is 23.6 Å². The van der Waals surface area contributed by atoms with E-state index in [-0.39, 0.29) is 35.5 Å². The van der Waals surface area contributed by atoms with E-state index in [0.29, 0.717) is 28.6 Å². The van der Waals surface area contributed by atoms with Crippen molar-refractivity contribution in [1.82, 2.24) is 14.8 Å². The van der Waals surface area contributed by atoms with E-state index in [9.17, 15) is 19.3 Å². The van der Waals surface area contributed by atoms with Crippen LogP contribution >= 0.6 is 11.8 Å². The molecule has 2 aromatic carbocycles. The monoisotopic (exact) mass is 555 g/mol. The molecule has 2 fully saturated rings. The molecule has 206 valence electrons. The van der Waals surface area contributed by atoms with E-state index in [2.05, 4.69) is 22.4 Å². The van der Waals surface area contributed by atoms with E-state index in [0.717, 1.165) is 12.3 Å². The van der Waals surface area contributed by atoms with Gasteiger partial charge in [-0.15, -0.1) is 10.2 Å². The summed E-state index contributed by atoms with van der Waals surface area (Å²) in [5.74, 6) is 1.96. The zero-order valence-electron chi connectivity index (χ0n) is 21.7. The lowest BCUT2D eigenvalue weighted by molar-refractivity contribution is -0.384. The molecule has 4 atom stereocenters. The lowest BCUT2D eigenvalue weighted by Crippen LogP contribution is -2.25. The van der Waals surface area contributed by atoms with Crippen molar-refractivity contribution in [3.05, 3.63) is 64.2 Å². The standard InChI is InChI=1S/C27H30FN5O5S/c1-16(20-12-17-7-8-18(20)11-17)32-25(14-38-24-6-4-3-5-21(24)28)30-31-27(32)39-15-26(34)29-22-10-9-19(37-2)13-23(22)33(35)36/h3-6,9-10,13,16-18,20H,7-8,11-12,14-15H2,1-2H3,(H,29,34)/t16-,17+,18+,20+/m1/s1. The van der Waals surface area contributed by atoms with Gasteiger partial charge in [0, 0.05) is 6.04 Å². The maximum Gasteiger partial charge on any atom is 0.296 e. The van der Waals surface area contributed by atoms with Crippen LogP contribution in [0.3, 0.4) is 0 Å². The highest BCUT2D eigenvalue weighted by molar-refractivity contribution is 7.99. The number of halogens is 1. The van der Waals surface area contributed by atoms with Crippen molar-refractivity contribution in [1.29, 1.82) is 0 Å². The Bertz CT molecular complexity index is 1370. The molecule has 1 amide bonds. The normalized spacial score (nSPS) is 20.5. The molecule has 0 radical (unpaired) electrons. The largest absolute Gasteiger partial charge is 0.496 e. The third-order valence-corrected chi connectivity index (χ3v) is 8.70. The summed E-state index contributed by atoms with van der Waals surface area (Å²) in [6, 6.07) is 10.5. The van der Waals surface area contributed by atoms with Crippen LogP contribution in [-0.4, -0.2) is 38.5 Å². The summed E-state index contributed by atoms with van der Waals surface area (Å²) in [4.78, 5) is 23.7. The quantitative estimate of drug-likeness (QED) is 0.183. The van der Waals surface area contributed by atoms with Gasteiger partial charge in [0.05, 0.1) is 23.9 Å². The fourth-order valence-corrected chi connectivity index (χ4v) is 6.75. The number of thioether (sulfide) groups is 1. The summed E-state index contributed by atoms with van der Waals surface area (Å²) in [7, 11) is 1.41. The number of benzene rings is 2. The highest BCUT2D eigenvalue weighted by atomic mass is 32.2. The molecule has 2 saturated carbocycles. The van der Waals surface area contributed by atoms with E-state index in [1.54, 1.807) is 24.3 Å². The number of hydrogen-bond acceptors (Lipinski definition) is 8. The number of anilines is 1. The molecular formula is C27H30FN5O5S. The molecule has 39 heavy (non-hydrogen) atoms. The number of rotatable bonds is 11. The highest BCUT2D eigenvalue weighted by Gasteiger charge is 2.43. The van der Waals surface area contributed by atoms with Crippen molar-refractivity contribution in [2.75, 3.05) is 18.2 Å². The molecule has 5 rings (SSSR count). The van der Waals surface area contributed by atoms with Crippen molar-refractivity contribution in [3.8, 4) is 11.5 Å². The Kier molecular flexibility index (Phi) is 8.01. The van der Waals surface area contributed by atoms with Crippen LogP contribution in [0.25, 0.3) is 0 Å². The fourth-order valence-electron chi connectivity index (χ4n) is 5.91. The average Bonchev–Trinajstić information content (AvgIpc) is 3.67. The maximum atomic E-state index is 14.1. The molecule has 0 saturated heterocycles. The van der Waals surface area contributed by atoms with Gasteiger partial charge in [-0.2, -0.15) is 0 Å². The molecule has 2 aliphatic carbocycles. The van der Waals surface area contributed by atoms with Gasteiger partial charge in [-0.1, -0.05) is 30.3 Å². The first kappa shape index (κ1) is 26.9. The third-order valence-electron chi connectivity index (χ3n) is 7.76. The Labute approximate surface area is 229 Å². The minimum atomic E-state index is -0.569. The van der Waals surface area contributed by atoms with Crippen LogP contribution in [0, 0.1) is 33.7 Å². The second-order valence-electron chi connectivity index (χ2n) is 10.0. The number of carbonyl (C=O) groups excluding carboxylic acids is 1. The molecule has 1 heterocycles. The average molecular weight is 556 g/mol. The first-order chi connectivity index (χ1) is 18.8. The van der Waals surface area contributed by atoms with Crippen LogP contribution in [0.5, 0.6) is 11.5 Å². The number of amides is 1. The number of nitrogens with zero attached hydrogens (tertiary/aromatic N) is 4. The van der Waals surface area contributed by atoms with Gasteiger partial charge in [0.1, 0.15) is 18.0 Å². The van der Waals surface area contributed by atoms with E-state index < -0.39 is 16.6 Å². The molecule has 2 aliphatic rings. The van der Waals surface area contributed by atoms with Gasteiger partial charge in [-0.25, -0.2) is 4.39 Å². The van der Waals surface area contributed by atoms with Crippen LogP contribution < -0.4 is 14.8 Å². The number of nitrogens with one attached hydrogen (secondary N) is 1. The third kappa shape index (κ3) is 5.85. The van der Waals surface area contributed by atoms with E-state index in [1.165, 1.54) is 56.3 Å². The number of aromatic nitrogens is 3. The van der Waals surface area contributed by atoms with Crippen LogP contribution in [0.2, 0.25) is 0 Å². The summed E-state index contributed by atoms with van der Waals surface area (Å²) in [6.45, 7) is 2.18. The zero-order chi connectivity index (χ0) is 27.5. The number of nitro benzene ring substituents is 1. The Morgan fingerprint density at radius 1 is 1.26 bits per heavy atom. The van der Waals surface area contributed by atoms with Crippen LogP contribution in [0.1, 0.15) is 44.5 Å². The molecular weight excluding hydrogens is 525 g/mol. The molecule has 12 heteroatoms. The molecule has 1 N–H and O–H groups in total. The molecule has 3 aromatic rings. The zero-order valence-corrected chi connectivity index (χ0v) is 22.5. The molecule has 0 aliphatic heterocycles. The van der Waals surface area contributed by atoms with Crippen molar-refractivity contribution in [3.63, 3.8) is 0 Å². The number of methoxy groups -OCH3 is 1. The SMILES string of the molecule is COc1ccc(NC(=O)CSc2nnc(COc3ccccc3F)n2[C@H](C)[C@@H]2C[C@H]3CC[C@H]2C3)c([N+](=O)[O-])c1. The summed E-state index contributed by atoms with van der Waals surface area (Å²) in [6.07, 6.45) is 4.88. The van der Waals surface area contributed by atoms with Crippen molar-refractivity contribution in [2.24, 2.45) is 17.8 Å². The molecule has 0 spiro atoms. The van der Waals surface area contributed by atoms with Crippen molar-refractivity contribution in [2.45, 2.75) is 50.4 Å². The molecule has 1 aromatic heterocycles. The second-order valence-corrected chi connectivity index (χ2v) is 11.0. The fraction of sp³-hybridized carbons (Fsp3) is 0.444. The summed E-state index contributed by atoms with van der Waals surface area (Å²) in [5, 5.41) is 23.3. The summed E-state index contributed by atoms with van der Waals surface area (Å²) in [5.41, 5.74) is -0.171. The second kappa shape index (κ2) is 11.6. The van der Waals surface area contributed by atoms with Gasteiger partial charge in [-0.3, -0.25) is 19.5 Å². The maximum absolute atomic E-state index is 14.1. The Balaban J connectivity index is 1.32. The highest BCUT2D eigenvalue weighted by Crippen LogP contribution is 2.52. The van der Waals surface area contributed by atoms with E-state index in [1.807, 2.05) is 4.57 Å². The predicted molar refractivity (Wildman–Crippen MR) is 143 cm³/mol. The van der Waals surface area contributed by atoms with Gasteiger partial charge in [0.15, 0.2) is 22.5 Å². The minimum Gasteiger partial charge on any atom is -0.496 e. The van der Waals surface area contributed by atoms with Crippen LogP contribution in [0.4, 0.5) is 15.8 Å². The Morgan fingerprint density at radius 3 is 2.77 bits per heavy atom. The Hall–Kier alpha value is -3.67. The lowest BCUT2D eigenvalue weighted by atomic mass is 9.84. The van der Waals surface area contributed by atoms with Gasteiger partial charge in [-0.05, 0) is 68.2 Å². The van der Waals surface area contributed by atoms with Crippen LogP contribution in [-0.2, 0) is 11.4 Å². The van der Waals surface area contributed by atoms with Crippen molar-refractivity contribution >= 4 is 29.0 Å². The summed E-state index contributed by atoms with van der Waals surface area (Å²) < 4.78 is 27.0. The number of ether oxygens (including phenoxy) is 2. The topological polar surface area (TPSA) is 121 Å². The molecule has 10 nitrogen and oxygen atoms in total. The first-order valence-corrected chi connectivity index (χ1v) is 13.9. The van der Waals surface area contributed by atoms with Crippen LogP contribution in [0.15, 0.2) is 47.6 Å². The number of hydrogen-bond donors (Lipinski definition) is 1. The summed E-state index contributed by atoms with van der Waals surface area (Å²) >= 11 is 1.20. The molecule has 0 unspecified atom stereocenters. The van der Waals surface area contributed by atoms with Gasteiger partial charge < -0.3 is 14.8 Å². The minimum absolute atomic E-state index is 0.0288. The smallest absolute Gasteiger partial charge is 0.296 e. The molecule has 2 bridgehead atoms. The Morgan fingerprint density at radius 2 is 2.08 bits per heavy atom. The number of para-hydroxylation sites is 1. The lowest BCUT2D eigenvalue weighted by Gasteiger charge is -2.30. The number of carbonyl (C=O) groups is 1.